The lowest BCUT2D eigenvalue weighted by Gasteiger charge is -2.14. The van der Waals surface area contributed by atoms with Gasteiger partial charge in [-0.3, -0.25) is 0 Å². The summed E-state index contributed by atoms with van der Waals surface area (Å²) in [6.07, 6.45) is -0.0636. The Morgan fingerprint density at radius 1 is 1.10 bits per heavy atom. The number of rotatable bonds is 6. The van der Waals surface area contributed by atoms with E-state index in [1.54, 1.807) is 7.11 Å². The molecule has 0 aliphatic rings. The maximum Gasteiger partial charge on any atom is 0.122 e. The molecule has 2 rings (SSSR count). The van der Waals surface area contributed by atoms with Crippen LogP contribution in [-0.4, -0.2) is 18.8 Å². The molecule has 1 atom stereocenters. The fourth-order valence-corrected chi connectivity index (χ4v) is 2.18. The molecule has 3 nitrogen and oxygen atoms in total. The summed E-state index contributed by atoms with van der Waals surface area (Å²) in [6.45, 7) is 2.56. The van der Waals surface area contributed by atoms with E-state index in [0.29, 0.717) is 13.0 Å². The second kappa shape index (κ2) is 6.96. The van der Waals surface area contributed by atoms with E-state index < -0.39 is 6.10 Å². The molecular formula is C17H20O3. The van der Waals surface area contributed by atoms with Gasteiger partial charge in [-0.2, -0.15) is 0 Å². The van der Waals surface area contributed by atoms with E-state index >= 15 is 0 Å². The first-order valence-electron chi connectivity index (χ1n) is 6.77. The minimum Gasteiger partial charge on any atom is -0.496 e. The highest BCUT2D eigenvalue weighted by Gasteiger charge is 2.12. The molecule has 0 fully saturated rings. The second-order valence-electron chi connectivity index (χ2n) is 4.54. The molecule has 0 aliphatic carbocycles. The topological polar surface area (TPSA) is 38.7 Å². The zero-order valence-electron chi connectivity index (χ0n) is 11.9. The number of hydrogen-bond acceptors (Lipinski definition) is 3. The summed E-state index contributed by atoms with van der Waals surface area (Å²) >= 11 is 0. The third-order valence-electron chi connectivity index (χ3n) is 3.16. The number of ether oxygens (including phenoxy) is 2. The SMILES string of the molecule is CCOc1cccc(C(O)Cc2ccccc2OC)c1. The van der Waals surface area contributed by atoms with Gasteiger partial charge in [0.15, 0.2) is 0 Å². The first-order chi connectivity index (χ1) is 9.74. The Morgan fingerprint density at radius 3 is 2.65 bits per heavy atom. The van der Waals surface area contributed by atoms with Crippen molar-refractivity contribution in [1.82, 2.24) is 0 Å². The van der Waals surface area contributed by atoms with Crippen LogP contribution in [0.3, 0.4) is 0 Å². The summed E-state index contributed by atoms with van der Waals surface area (Å²) in [6, 6.07) is 15.3. The van der Waals surface area contributed by atoms with Gasteiger partial charge in [0.2, 0.25) is 0 Å². The molecule has 0 aromatic heterocycles. The van der Waals surface area contributed by atoms with Gasteiger partial charge in [-0.25, -0.2) is 0 Å². The van der Waals surface area contributed by atoms with Crippen molar-refractivity contribution in [2.75, 3.05) is 13.7 Å². The van der Waals surface area contributed by atoms with Gasteiger partial charge in [0.1, 0.15) is 11.5 Å². The van der Waals surface area contributed by atoms with Crippen molar-refractivity contribution < 1.29 is 14.6 Å². The average Bonchev–Trinajstić information content (AvgIpc) is 2.48. The molecule has 0 spiro atoms. The van der Waals surface area contributed by atoms with Gasteiger partial charge in [-0.1, -0.05) is 30.3 Å². The highest BCUT2D eigenvalue weighted by molar-refractivity contribution is 5.36. The predicted molar refractivity (Wildman–Crippen MR) is 79.3 cm³/mol. The number of methoxy groups -OCH3 is 1. The van der Waals surface area contributed by atoms with E-state index in [0.717, 1.165) is 22.6 Å². The van der Waals surface area contributed by atoms with Crippen molar-refractivity contribution in [3.8, 4) is 11.5 Å². The Labute approximate surface area is 119 Å². The molecule has 3 heteroatoms. The molecule has 0 heterocycles. The van der Waals surface area contributed by atoms with Gasteiger partial charge in [0.25, 0.3) is 0 Å². The van der Waals surface area contributed by atoms with Crippen LogP contribution in [0.1, 0.15) is 24.2 Å². The summed E-state index contributed by atoms with van der Waals surface area (Å²) in [5.74, 6) is 1.58. The lowest BCUT2D eigenvalue weighted by molar-refractivity contribution is 0.176. The highest BCUT2D eigenvalue weighted by atomic mass is 16.5. The van der Waals surface area contributed by atoms with E-state index in [1.807, 2.05) is 55.5 Å². The van der Waals surface area contributed by atoms with Crippen LogP contribution in [0.2, 0.25) is 0 Å². The van der Waals surface area contributed by atoms with E-state index in [2.05, 4.69) is 0 Å². The predicted octanol–water partition coefficient (Wildman–Crippen LogP) is 3.37. The molecule has 0 saturated carbocycles. The van der Waals surface area contributed by atoms with Crippen molar-refractivity contribution in [1.29, 1.82) is 0 Å². The van der Waals surface area contributed by atoms with Crippen molar-refractivity contribution in [2.24, 2.45) is 0 Å². The molecule has 0 bridgehead atoms. The zero-order chi connectivity index (χ0) is 14.4. The Morgan fingerprint density at radius 2 is 1.90 bits per heavy atom. The monoisotopic (exact) mass is 272 g/mol. The molecule has 0 radical (unpaired) electrons. The standard InChI is InChI=1S/C17H20O3/c1-3-20-15-9-6-8-13(11-15)16(18)12-14-7-4-5-10-17(14)19-2/h4-11,16,18H,3,12H2,1-2H3. The molecule has 0 aliphatic heterocycles. The normalized spacial score (nSPS) is 11.9. The molecule has 0 amide bonds. The fraction of sp³-hybridized carbons (Fsp3) is 0.294. The fourth-order valence-electron chi connectivity index (χ4n) is 2.18. The minimum absolute atomic E-state index is 0.513. The van der Waals surface area contributed by atoms with Gasteiger partial charge < -0.3 is 14.6 Å². The molecule has 2 aromatic rings. The summed E-state index contributed by atoms with van der Waals surface area (Å²) in [5, 5.41) is 10.4. The lowest BCUT2D eigenvalue weighted by atomic mass is 10.0. The van der Waals surface area contributed by atoms with Crippen molar-refractivity contribution >= 4 is 0 Å². The molecule has 1 unspecified atom stereocenters. The first kappa shape index (κ1) is 14.4. The number of benzene rings is 2. The van der Waals surface area contributed by atoms with Crippen LogP contribution < -0.4 is 9.47 Å². The van der Waals surface area contributed by atoms with Crippen molar-refractivity contribution in [2.45, 2.75) is 19.4 Å². The number of aliphatic hydroxyl groups is 1. The molecular weight excluding hydrogens is 252 g/mol. The van der Waals surface area contributed by atoms with Gasteiger partial charge >= 0.3 is 0 Å². The van der Waals surface area contributed by atoms with E-state index in [9.17, 15) is 5.11 Å². The summed E-state index contributed by atoms with van der Waals surface area (Å²) < 4.78 is 10.8. The second-order valence-corrected chi connectivity index (χ2v) is 4.54. The highest BCUT2D eigenvalue weighted by Crippen LogP contribution is 2.26. The Balaban J connectivity index is 2.15. The quantitative estimate of drug-likeness (QED) is 0.876. The van der Waals surface area contributed by atoms with Crippen molar-refractivity contribution in [3.63, 3.8) is 0 Å². The van der Waals surface area contributed by atoms with Gasteiger partial charge in [0, 0.05) is 6.42 Å². The van der Waals surface area contributed by atoms with Crippen LogP contribution >= 0.6 is 0 Å². The van der Waals surface area contributed by atoms with Crippen LogP contribution in [0.4, 0.5) is 0 Å². The molecule has 1 N–H and O–H groups in total. The Bertz CT molecular complexity index is 551. The Hall–Kier alpha value is -2.00. The van der Waals surface area contributed by atoms with Gasteiger partial charge in [-0.05, 0) is 36.2 Å². The average molecular weight is 272 g/mol. The third-order valence-corrected chi connectivity index (χ3v) is 3.16. The molecule has 106 valence electrons. The van der Waals surface area contributed by atoms with Gasteiger partial charge in [0.05, 0.1) is 19.8 Å². The molecule has 0 saturated heterocycles. The van der Waals surface area contributed by atoms with Gasteiger partial charge in [-0.15, -0.1) is 0 Å². The summed E-state index contributed by atoms with van der Waals surface area (Å²) in [5.41, 5.74) is 1.84. The molecule has 20 heavy (non-hydrogen) atoms. The number of hydrogen-bond donors (Lipinski definition) is 1. The maximum atomic E-state index is 10.4. The van der Waals surface area contributed by atoms with Crippen LogP contribution in [0.15, 0.2) is 48.5 Å². The summed E-state index contributed by atoms with van der Waals surface area (Å²) in [7, 11) is 1.64. The third kappa shape index (κ3) is 3.52. The maximum absolute atomic E-state index is 10.4. The zero-order valence-corrected chi connectivity index (χ0v) is 11.9. The van der Waals surface area contributed by atoms with Crippen LogP contribution in [0.25, 0.3) is 0 Å². The van der Waals surface area contributed by atoms with E-state index in [4.69, 9.17) is 9.47 Å². The minimum atomic E-state index is -0.577. The van der Waals surface area contributed by atoms with Crippen LogP contribution in [0.5, 0.6) is 11.5 Å². The van der Waals surface area contributed by atoms with Crippen LogP contribution in [0, 0.1) is 0 Å². The van der Waals surface area contributed by atoms with Crippen molar-refractivity contribution in [3.05, 3.63) is 59.7 Å². The lowest BCUT2D eigenvalue weighted by Crippen LogP contribution is -2.04. The number of para-hydroxylation sites is 1. The Kier molecular flexibility index (Phi) is 5.02. The summed E-state index contributed by atoms with van der Waals surface area (Å²) in [4.78, 5) is 0. The molecule has 2 aromatic carbocycles. The van der Waals surface area contributed by atoms with Crippen LogP contribution in [-0.2, 0) is 6.42 Å². The first-order valence-corrected chi connectivity index (χ1v) is 6.77. The smallest absolute Gasteiger partial charge is 0.122 e. The van der Waals surface area contributed by atoms with E-state index in [-0.39, 0.29) is 0 Å². The van der Waals surface area contributed by atoms with E-state index in [1.165, 1.54) is 0 Å². The number of aliphatic hydroxyl groups excluding tert-OH is 1. The largest absolute Gasteiger partial charge is 0.496 e.